The molecule has 1 aliphatic heterocycles. The molecule has 7 heteroatoms. The summed E-state index contributed by atoms with van der Waals surface area (Å²) < 4.78 is 1.83. The fourth-order valence-electron chi connectivity index (χ4n) is 3.80. The Morgan fingerprint density at radius 2 is 2.15 bits per heavy atom. The molecule has 7 nitrogen and oxygen atoms in total. The topological polar surface area (TPSA) is 89.9 Å². The number of hydrogen-bond donors (Lipinski definition) is 1. The Kier molecular flexibility index (Phi) is 4.85. The van der Waals surface area contributed by atoms with Crippen LogP contribution in [-0.2, 0) is 17.8 Å². The summed E-state index contributed by atoms with van der Waals surface area (Å²) in [6, 6.07) is 8.13. The molecule has 2 aromatic heterocycles. The van der Waals surface area contributed by atoms with Gasteiger partial charge in [0.05, 0.1) is 18.7 Å². The van der Waals surface area contributed by atoms with Crippen LogP contribution in [0.1, 0.15) is 29.2 Å². The number of nitrogens with two attached hydrogens (primary N) is 1. The third-order valence-electron chi connectivity index (χ3n) is 5.10. The molecule has 1 unspecified atom stereocenters. The number of nitrogens with zero attached hydrogens (tertiary/aromatic N) is 5. The van der Waals surface area contributed by atoms with Gasteiger partial charge in [-0.15, -0.1) is 0 Å². The van der Waals surface area contributed by atoms with E-state index in [2.05, 4.69) is 16.0 Å². The summed E-state index contributed by atoms with van der Waals surface area (Å²) >= 11 is 0. The summed E-state index contributed by atoms with van der Waals surface area (Å²) in [6.07, 6.45) is 4.70. The molecule has 140 valence electrons. The Morgan fingerprint density at radius 3 is 2.96 bits per heavy atom. The van der Waals surface area contributed by atoms with Crippen molar-refractivity contribution in [3.8, 4) is 0 Å². The molecule has 1 aromatic carbocycles. The third-order valence-corrected chi connectivity index (χ3v) is 5.10. The molecule has 0 saturated carbocycles. The van der Waals surface area contributed by atoms with Crippen molar-refractivity contribution in [2.75, 3.05) is 19.6 Å². The molecular weight excluding hydrogens is 340 g/mol. The highest BCUT2D eigenvalue weighted by Crippen LogP contribution is 2.30. The van der Waals surface area contributed by atoms with Gasteiger partial charge in [-0.2, -0.15) is 5.10 Å². The molecule has 3 heterocycles. The van der Waals surface area contributed by atoms with Crippen LogP contribution in [0.2, 0.25) is 0 Å². The number of aromatic nitrogens is 4. The Hall–Kier alpha value is -2.80. The summed E-state index contributed by atoms with van der Waals surface area (Å²) in [5, 5.41) is 4.72. The summed E-state index contributed by atoms with van der Waals surface area (Å²) in [6.45, 7) is 4.58. The highest BCUT2D eigenvalue weighted by Gasteiger charge is 2.31. The SMILES string of the molecule is Cc1cccc(CC(=O)N2CCC(c3nn(CCN)c4nccnc34)C2)c1. The zero-order chi connectivity index (χ0) is 18.8. The van der Waals surface area contributed by atoms with Gasteiger partial charge in [0, 0.05) is 37.9 Å². The van der Waals surface area contributed by atoms with E-state index in [0.29, 0.717) is 26.1 Å². The maximum Gasteiger partial charge on any atom is 0.227 e. The zero-order valence-electron chi connectivity index (χ0n) is 15.5. The monoisotopic (exact) mass is 364 g/mol. The highest BCUT2D eigenvalue weighted by atomic mass is 16.2. The third kappa shape index (κ3) is 3.55. The molecule has 0 aliphatic carbocycles. The largest absolute Gasteiger partial charge is 0.342 e. The van der Waals surface area contributed by atoms with E-state index in [9.17, 15) is 4.79 Å². The average Bonchev–Trinajstić information content (AvgIpc) is 3.28. The first-order chi connectivity index (χ1) is 13.2. The number of rotatable bonds is 5. The molecule has 1 amide bonds. The van der Waals surface area contributed by atoms with E-state index in [1.165, 1.54) is 5.56 Å². The van der Waals surface area contributed by atoms with Gasteiger partial charge in [0.1, 0.15) is 5.52 Å². The van der Waals surface area contributed by atoms with Gasteiger partial charge in [0.15, 0.2) is 5.65 Å². The van der Waals surface area contributed by atoms with E-state index >= 15 is 0 Å². The lowest BCUT2D eigenvalue weighted by Crippen LogP contribution is -2.30. The van der Waals surface area contributed by atoms with Crippen molar-refractivity contribution < 1.29 is 4.79 Å². The van der Waals surface area contributed by atoms with Crippen molar-refractivity contribution >= 4 is 17.1 Å². The molecule has 1 atom stereocenters. The molecule has 4 rings (SSSR count). The fourth-order valence-corrected chi connectivity index (χ4v) is 3.80. The molecule has 0 radical (unpaired) electrons. The second kappa shape index (κ2) is 7.44. The second-order valence-corrected chi connectivity index (χ2v) is 7.12. The standard InChI is InChI=1S/C20H24N6O/c1-14-3-2-4-15(11-14)12-17(27)25-9-5-16(13-25)18-19-20(23-8-7-22-19)26(24-18)10-6-21/h2-4,7-8,11,16H,5-6,9-10,12-13,21H2,1H3. The Morgan fingerprint density at radius 1 is 1.30 bits per heavy atom. The van der Waals surface area contributed by atoms with Gasteiger partial charge in [0.2, 0.25) is 5.91 Å². The van der Waals surface area contributed by atoms with Crippen molar-refractivity contribution in [2.24, 2.45) is 5.73 Å². The van der Waals surface area contributed by atoms with Crippen molar-refractivity contribution in [2.45, 2.75) is 32.2 Å². The Bertz CT molecular complexity index is 966. The predicted molar refractivity (Wildman–Crippen MR) is 103 cm³/mol. The van der Waals surface area contributed by atoms with Crippen LogP contribution >= 0.6 is 0 Å². The van der Waals surface area contributed by atoms with Crippen molar-refractivity contribution in [3.63, 3.8) is 0 Å². The Balaban J connectivity index is 1.51. The minimum atomic E-state index is 0.167. The van der Waals surface area contributed by atoms with Gasteiger partial charge in [-0.3, -0.25) is 4.79 Å². The van der Waals surface area contributed by atoms with Crippen LogP contribution in [0.5, 0.6) is 0 Å². The molecule has 27 heavy (non-hydrogen) atoms. The number of carbonyl (C=O) groups excluding carboxylic acids is 1. The van der Waals surface area contributed by atoms with E-state index in [-0.39, 0.29) is 11.8 Å². The summed E-state index contributed by atoms with van der Waals surface area (Å²) in [5.74, 6) is 0.351. The van der Waals surface area contributed by atoms with Crippen LogP contribution < -0.4 is 5.73 Å². The lowest BCUT2D eigenvalue weighted by molar-refractivity contribution is -0.129. The highest BCUT2D eigenvalue weighted by molar-refractivity contribution is 5.79. The number of carbonyl (C=O) groups is 1. The van der Waals surface area contributed by atoms with E-state index in [0.717, 1.165) is 35.4 Å². The number of benzene rings is 1. The van der Waals surface area contributed by atoms with Crippen molar-refractivity contribution in [1.29, 1.82) is 0 Å². The number of likely N-dealkylation sites (tertiary alicyclic amines) is 1. The van der Waals surface area contributed by atoms with Crippen LogP contribution in [0, 0.1) is 6.92 Å². The van der Waals surface area contributed by atoms with E-state index < -0.39 is 0 Å². The molecule has 1 saturated heterocycles. The van der Waals surface area contributed by atoms with E-state index in [1.54, 1.807) is 12.4 Å². The van der Waals surface area contributed by atoms with Crippen LogP contribution in [0.25, 0.3) is 11.2 Å². The van der Waals surface area contributed by atoms with Gasteiger partial charge in [0.25, 0.3) is 0 Å². The number of fused-ring (bicyclic) bond motifs is 1. The molecule has 0 spiro atoms. The molecule has 2 N–H and O–H groups in total. The quantitative estimate of drug-likeness (QED) is 0.743. The summed E-state index contributed by atoms with van der Waals surface area (Å²) in [4.78, 5) is 23.6. The molecule has 1 aliphatic rings. The molecule has 0 bridgehead atoms. The smallest absolute Gasteiger partial charge is 0.227 e. The van der Waals surface area contributed by atoms with Crippen LogP contribution in [-0.4, -0.2) is 50.2 Å². The second-order valence-electron chi connectivity index (χ2n) is 7.12. The molecule has 3 aromatic rings. The normalized spacial score (nSPS) is 17.0. The Labute approximate surface area is 158 Å². The molecule has 1 fully saturated rings. The van der Waals surface area contributed by atoms with Crippen LogP contribution in [0.15, 0.2) is 36.7 Å². The lowest BCUT2D eigenvalue weighted by atomic mass is 10.0. The number of hydrogen-bond acceptors (Lipinski definition) is 5. The maximum absolute atomic E-state index is 12.7. The minimum absolute atomic E-state index is 0.167. The maximum atomic E-state index is 12.7. The van der Waals surface area contributed by atoms with Gasteiger partial charge >= 0.3 is 0 Å². The van der Waals surface area contributed by atoms with E-state index in [4.69, 9.17) is 10.8 Å². The zero-order valence-corrected chi connectivity index (χ0v) is 15.5. The van der Waals surface area contributed by atoms with Crippen molar-refractivity contribution in [1.82, 2.24) is 24.6 Å². The predicted octanol–water partition coefficient (Wildman–Crippen LogP) is 1.65. The fraction of sp³-hybridized carbons (Fsp3) is 0.400. The number of aryl methyl sites for hydroxylation is 1. The summed E-state index contributed by atoms with van der Waals surface area (Å²) in [5.41, 5.74) is 10.5. The first-order valence-electron chi connectivity index (χ1n) is 9.36. The van der Waals surface area contributed by atoms with Gasteiger partial charge in [-0.1, -0.05) is 29.8 Å². The van der Waals surface area contributed by atoms with E-state index in [1.807, 2.05) is 34.7 Å². The molecular formula is C20H24N6O. The average molecular weight is 364 g/mol. The van der Waals surface area contributed by atoms with Gasteiger partial charge in [-0.05, 0) is 18.9 Å². The first kappa shape index (κ1) is 17.6. The first-order valence-corrected chi connectivity index (χ1v) is 9.36. The van der Waals surface area contributed by atoms with Gasteiger partial charge < -0.3 is 10.6 Å². The minimum Gasteiger partial charge on any atom is -0.342 e. The van der Waals surface area contributed by atoms with Crippen LogP contribution in [0.4, 0.5) is 0 Å². The van der Waals surface area contributed by atoms with Gasteiger partial charge in [-0.25, -0.2) is 14.6 Å². The van der Waals surface area contributed by atoms with Crippen LogP contribution in [0.3, 0.4) is 0 Å². The lowest BCUT2D eigenvalue weighted by Gasteiger charge is -2.16. The van der Waals surface area contributed by atoms with Crippen molar-refractivity contribution in [3.05, 3.63) is 53.5 Å². The number of amides is 1. The summed E-state index contributed by atoms with van der Waals surface area (Å²) in [7, 11) is 0.